The van der Waals surface area contributed by atoms with Gasteiger partial charge in [0.15, 0.2) is 16.6 Å². The van der Waals surface area contributed by atoms with Crippen molar-refractivity contribution in [1.29, 1.82) is 0 Å². The summed E-state index contributed by atoms with van der Waals surface area (Å²) in [4.78, 5) is 24.5. The van der Waals surface area contributed by atoms with Crippen molar-refractivity contribution in [2.24, 2.45) is 34.5 Å². The molecule has 0 heterocycles. The molecule has 0 aliphatic heterocycles. The quantitative estimate of drug-likeness (QED) is 0.710. The second-order valence-electron chi connectivity index (χ2n) is 9.71. The largest absolute Gasteiger partial charge is 0.390 e. The van der Waals surface area contributed by atoms with Crippen LogP contribution in [0.15, 0.2) is 23.8 Å². The summed E-state index contributed by atoms with van der Waals surface area (Å²) in [6, 6.07) is -0.820. The molecule has 3 nitrogen and oxygen atoms in total. The summed E-state index contributed by atoms with van der Waals surface area (Å²) in [5, 5.41) is 10.8. The number of hydrogen-bond donors (Lipinski definition) is 1. The SMILES string of the molecule is C[C@@H]1CC2C3C[C@H](F)C4=CC(=O)C=C[C@]4(C)[C@@]3(F)[C@@H](O)CC2(C)C1C(=O)SCF. The van der Waals surface area contributed by atoms with Gasteiger partial charge < -0.3 is 5.11 Å². The first-order chi connectivity index (χ1) is 13.5. The van der Waals surface area contributed by atoms with Gasteiger partial charge in [-0.3, -0.25) is 9.59 Å². The highest BCUT2D eigenvalue weighted by molar-refractivity contribution is 8.13. The van der Waals surface area contributed by atoms with Crippen LogP contribution in [0.2, 0.25) is 0 Å². The molecular weight excluding hydrogens is 401 g/mol. The number of thioether (sulfide) groups is 1. The molecule has 3 saturated carbocycles. The zero-order valence-electron chi connectivity index (χ0n) is 16.8. The van der Waals surface area contributed by atoms with Gasteiger partial charge in [0.2, 0.25) is 0 Å². The molecule has 0 amide bonds. The normalized spacial score (nSPS) is 51.1. The molecule has 4 aliphatic carbocycles. The van der Waals surface area contributed by atoms with Crippen molar-refractivity contribution < 1.29 is 27.9 Å². The second kappa shape index (κ2) is 6.71. The van der Waals surface area contributed by atoms with E-state index in [9.17, 15) is 19.1 Å². The lowest BCUT2D eigenvalue weighted by Crippen LogP contribution is -2.68. The lowest BCUT2D eigenvalue weighted by molar-refractivity contribution is -0.201. The number of halogens is 3. The van der Waals surface area contributed by atoms with E-state index in [1.165, 1.54) is 18.2 Å². The summed E-state index contributed by atoms with van der Waals surface area (Å²) in [6.45, 7) is 5.33. The number of carbonyl (C=O) groups excluding carboxylic acids is 2. The Hall–Kier alpha value is -1.08. The smallest absolute Gasteiger partial charge is 0.195 e. The van der Waals surface area contributed by atoms with Gasteiger partial charge >= 0.3 is 0 Å². The average molecular weight is 429 g/mol. The van der Waals surface area contributed by atoms with Crippen molar-refractivity contribution in [2.45, 2.75) is 58.0 Å². The van der Waals surface area contributed by atoms with Crippen LogP contribution in [-0.2, 0) is 9.59 Å². The first-order valence-corrected chi connectivity index (χ1v) is 11.2. The molecule has 4 rings (SSSR count). The molecule has 0 saturated heterocycles. The second-order valence-corrected chi connectivity index (χ2v) is 10.6. The molecule has 0 radical (unpaired) electrons. The molecule has 4 aliphatic rings. The highest BCUT2D eigenvalue weighted by atomic mass is 32.2. The summed E-state index contributed by atoms with van der Waals surface area (Å²) in [6.07, 6.45) is 1.40. The monoisotopic (exact) mass is 428 g/mol. The number of alkyl halides is 3. The lowest BCUT2D eigenvalue weighted by Gasteiger charge is -2.62. The van der Waals surface area contributed by atoms with E-state index in [4.69, 9.17) is 0 Å². The maximum Gasteiger partial charge on any atom is 0.195 e. The minimum Gasteiger partial charge on any atom is -0.390 e. The molecule has 0 aromatic rings. The highest BCUT2D eigenvalue weighted by Crippen LogP contribution is 2.70. The van der Waals surface area contributed by atoms with Gasteiger partial charge in [-0.1, -0.05) is 31.7 Å². The molecule has 4 unspecified atom stereocenters. The van der Waals surface area contributed by atoms with Crippen LogP contribution in [0.4, 0.5) is 13.2 Å². The van der Waals surface area contributed by atoms with Crippen LogP contribution in [-0.4, -0.2) is 40.0 Å². The maximum atomic E-state index is 16.9. The van der Waals surface area contributed by atoms with Gasteiger partial charge in [0.05, 0.1) is 6.10 Å². The fraction of sp³-hybridized carbons (Fsp3) is 0.727. The van der Waals surface area contributed by atoms with E-state index in [1.807, 2.05) is 13.8 Å². The van der Waals surface area contributed by atoms with Crippen molar-refractivity contribution in [3.63, 3.8) is 0 Å². The van der Waals surface area contributed by atoms with Crippen LogP contribution in [0.3, 0.4) is 0 Å². The van der Waals surface area contributed by atoms with Crippen LogP contribution >= 0.6 is 11.8 Å². The van der Waals surface area contributed by atoms with E-state index in [0.29, 0.717) is 18.2 Å². The summed E-state index contributed by atoms with van der Waals surface area (Å²) < 4.78 is 45.0. The Morgan fingerprint density at radius 3 is 2.66 bits per heavy atom. The molecule has 29 heavy (non-hydrogen) atoms. The lowest BCUT2D eigenvalue weighted by atomic mass is 9.45. The maximum absolute atomic E-state index is 16.9. The van der Waals surface area contributed by atoms with Crippen LogP contribution in [0, 0.1) is 34.5 Å². The summed E-state index contributed by atoms with van der Waals surface area (Å²) in [5.41, 5.74) is -4.17. The van der Waals surface area contributed by atoms with E-state index in [2.05, 4.69) is 0 Å². The molecule has 0 aromatic heterocycles. The molecule has 3 fully saturated rings. The van der Waals surface area contributed by atoms with Gasteiger partial charge in [0.1, 0.15) is 12.2 Å². The number of aliphatic hydroxyl groups excluding tert-OH is 1. The Balaban J connectivity index is 1.80. The predicted octanol–water partition coefficient (Wildman–Crippen LogP) is 4.35. The average Bonchev–Trinajstić information content (AvgIpc) is 2.90. The Labute approximate surface area is 173 Å². The number of hydrogen-bond acceptors (Lipinski definition) is 4. The van der Waals surface area contributed by atoms with Gasteiger partial charge in [-0.25, -0.2) is 13.2 Å². The Morgan fingerprint density at radius 2 is 2.00 bits per heavy atom. The number of aliphatic hydroxyl groups is 1. The third kappa shape index (κ3) is 2.62. The Morgan fingerprint density at radius 1 is 1.31 bits per heavy atom. The van der Waals surface area contributed by atoms with Gasteiger partial charge in [-0.2, -0.15) is 0 Å². The number of rotatable bonds is 2. The van der Waals surface area contributed by atoms with E-state index in [-0.39, 0.29) is 41.1 Å². The van der Waals surface area contributed by atoms with Crippen molar-refractivity contribution in [3.05, 3.63) is 23.8 Å². The fourth-order valence-corrected chi connectivity index (χ4v) is 8.01. The van der Waals surface area contributed by atoms with Crippen LogP contribution in [0.25, 0.3) is 0 Å². The van der Waals surface area contributed by atoms with E-state index in [0.717, 1.165) is 0 Å². The van der Waals surface area contributed by atoms with E-state index >= 15 is 8.78 Å². The molecule has 0 bridgehead atoms. The standard InChI is InChI=1S/C22H27F3O3S/c1-11-6-13-14-8-16(24)15-7-12(26)4-5-21(15,3)22(14,25)17(27)9-20(13,2)18(11)19(28)29-10-23/h4-5,7,11,13-14,16-18,27H,6,8-10H2,1-3H3/t11-,13?,14?,16+,17+,18?,20?,21+,22+/m1/s1. The zero-order valence-corrected chi connectivity index (χ0v) is 17.6. The number of fused-ring (bicyclic) bond motifs is 5. The van der Waals surface area contributed by atoms with Crippen molar-refractivity contribution in [1.82, 2.24) is 0 Å². The van der Waals surface area contributed by atoms with E-state index in [1.54, 1.807) is 6.92 Å². The summed E-state index contributed by atoms with van der Waals surface area (Å²) in [7, 11) is 0. The molecule has 160 valence electrons. The van der Waals surface area contributed by atoms with Crippen LogP contribution in [0.1, 0.15) is 40.0 Å². The minimum atomic E-state index is -2.13. The molecule has 0 spiro atoms. The number of allylic oxidation sites excluding steroid dienone is 4. The first kappa shape index (κ1) is 21.2. The summed E-state index contributed by atoms with van der Waals surface area (Å²) >= 11 is 0.622. The van der Waals surface area contributed by atoms with Gasteiger partial charge in [-0.15, -0.1) is 0 Å². The van der Waals surface area contributed by atoms with E-state index < -0.39 is 46.6 Å². The van der Waals surface area contributed by atoms with Crippen molar-refractivity contribution >= 4 is 22.7 Å². The Kier molecular flexibility index (Phi) is 4.90. The third-order valence-electron chi connectivity index (χ3n) is 8.42. The van der Waals surface area contributed by atoms with Crippen molar-refractivity contribution in [2.75, 3.05) is 6.01 Å². The van der Waals surface area contributed by atoms with Gasteiger partial charge in [0.25, 0.3) is 0 Å². The van der Waals surface area contributed by atoms with Crippen LogP contribution in [0.5, 0.6) is 0 Å². The molecule has 1 N–H and O–H groups in total. The van der Waals surface area contributed by atoms with Crippen LogP contribution < -0.4 is 0 Å². The molecule has 0 aromatic carbocycles. The Bertz CT molecular complexity index is 813. The highest BCUT2D eigenvalue weighted by Gasteiger charge is 2.73. The van der Waals surface area contributed by atoms with Gasteiger partial charge in [-0.05, 0) is 61.2 Å². The summed E-state index contributed by atoms with van der Waals surface area (Å²) in [5.74, 6) is -2.07. The molecule has 9 atom stereocenters. The molecule has 7 heteroatoms. The van der Waals surface area contributed by atoms with Crippen molar-refractivity contribution in [3.8, 4) is 0 Å². The topological polar surface area (TPSA) is 54.4 Å². The fourth-order valence-electron chi connectivity index (χ4n) is 7.22. The third-order valence-corrected chi connectivity index (χ3v) is 9.07. The minimum absolute atomic E-state index is 0.0554. The number of ketones is 1. The molecular formula is C22H27F3O3S. The zero-order chi connectivity index (χ0) is 21.4. The van der Waals surface area contributed by atoms with Gasteiger partial charge in [0, 0.05) is 17.3 Å². The number of carbonyl (C=O) groups is 2. The predicted molar refractivity (Wildman–Crippen MR) is 105 cm³/mol. The first-order valence-electron chi connectivity index (χ1n) is 10.2.